The highest BCUT2D eigenvalue weighted by molar-refractivity contribution is 6.32. The van der Waals surface area contributed by atoms with Gasteiger partial charge in [-0.1, -0.05) is 35.9 Å². The first kappa shape index (κ1) is 20.0. The fraction of sp³-hybridized carbons (Fsp3) is 0.409. The van der Waals surface area contributed by atoms with Gasteiger partial charge in [0.1, 0.15) is 13.2 Å². The standard InChI is InChI=1S/C22H26ClN3O3/c1-25-6-8-26(9-7-25)15-17-4-2-16(3-5-17)14-24-22(27)18-12-19(23)21-20(13-18)28-10-11-29-21/h2-5,12-13H,6-11,14-15H2,1H3,(H,24,27). The van der Waals surface area contributed by atoms with E-state index in [4.69, 9.17) is 21.1 Å². The lowest BCUT2D eigenvalue weighted by molar-refractivity contribution is 0.0949. The summed E-state index contributed by atoms with van der Waals surface area (Å²) >= 11 is 6.22. The Morgan fingerprint density at radius 1 is 1.03 bits per heavy atom. The summed E-state index contributed by atoms with van der Waals surface area (Å²) in [6, 6.07) is 11.7. The molecule has 2 aliphatic rings. The summed E-state index contributed by atoms with van der Waals surface area (Å²) in [4.78, 5) is 17.4. The predicted octanol–water partition coefficient (Wildman–Crippen LogP) is 2.79. The number of likely N-dealkylation sites (N-methyl/N-ethyl adjacent to an activating group) is 1. The molecule has 0 aliphatic carbocycles. The van der Waals surface area contributed by atoms with Crippen molar-refractivity contribution in [1.82, 2.24) is 15.1 Å². The molecule has 2 heterocycles. The first-order valence-electron chi connectivity index (χ1n) is 9.94. The lowest BCUT2D eigenvalue weighted by atomic mass is 10.1. The molecular formula is C22H26ClN3O3. The van der Waals surface area contributed by atoms with Crippen LogP contribution in [0, 0.1) is 0 Å². The van der Waals surface area contributed by atoms with Crippen LogP contribution in [-0.2, 0) is 13.1 Å². The number of nitrogens with one attached hydrogen (secondary N) is 1. The minimum absolute atomic E-state index is 0.189. The van der Waals surface area contributed by atoms with Crippen LogP contribution in [0.25, 0.3) is 0 Å². The van der Waals surface area contributed by atoms with E-state index in [0.29, 0.717) is 41.8 Å². The van der Waals surface area contributed by atoms with Crippen LogP contribution < -0.4 is 14.8 Å². The molecule has 0 saturated carbocycles. The van der Waals surface area contributed by atoms with Gasteiger partial charge in [0.15, 0.2) is 11.5 Å². The molecule has 1 fully saturated rings. The van der Waals surface area contributed by atoms with Crippen LogP contribution in [0.1, 0.15) is 21.5 Å². The van der Waals surface area contributed by atoms with E-state index in [-0.39, 0.29) is 5.91 Å². The van der Waals surface area contributed by atoms with Crippen molar-refractivity contribution in [1.29, 1.82) is 0 Å². The van der Waals surface area contributed by atoms with Gasteiger partial charge < -0.3 is 19.7 Å². The molecule has 0 radical (unpaired) electrons. The summed E-state index contributed by atoms with van der Waals surface area (Å²) in [5.41, 5.74) is 2.82. The van der Waals surface area contributed by atoms with E-state index in [1.807, 2.05) is 0 Å². The third-order valence-corrected chi connectivity index (χ3v) is 5.62. The number of benzene rings is 2. The number of carbonyl (C=O) groups excluding carboxylic acids is 1. The number of piperazine rings is 1. The van der Waals surface area contributed by atoms with Gasteiger partial charge in [-0.3, -0.25) is 9.69 Å². The maximum atomic E-state index is 12.5. The molecule has 7 heteroatoms. The highest BCUT2D eigenvalue weighted by atomic mass is 35.5. The summed E-state index contributed by atoms with van der Waals surface area (Å²) in [5, 5.41) is 3.33. The molecule has 0 unspecified atom stereocenters. The largest absolute Gasteiger partial charge is 0.486 e. The molecule has 4 rings (SSSR count). The fourth-order valence-electron chi connectivity index (χ4n) is 3.55. The van der Waals surface area contributed by atoms with E-state index >= 15 is 0 Å². The van der Waals surface area contributed by atoms with Gasteiger partial charge in [0, 0.05) is 44.8 Å². The molecule has 0 atom stereocenters. The third-order valence-electron chi connectivity index (χ3n) is 5.34. The van der Waals surface area contributed by atoms with Gasteiger partial charge in [-0.25, -0.2) is 0 Å². The number of ether oxygens (including phenoxy) is 2. The van der Waals surface area contributed by atoms with Crippen LogP contribution >= 0.6 is 11.6 Å². The Hall–Kier alpha value is -2.28. The van der Waals surface area contributed by atoms with Gasteiger partial charge in [0.05, 0.1) is 5.02 Å². The highest BCUT2D eigenvalue weighted by Gasteiger charge is 2.19. The molecule has 2 aromatic rings. The molecule has 2 aromatic carbocycles. The van der Waals surface area contributed by atoms with E-state index in [0.717, 1.165) is 38.3 Å². The Kier molecular flexibility index (Phi) is 6.23. The molecular weight excluding hydrogens is 390 g/mol. The van der Waals surface area contributed by atoms with E-state index in [2.05, 4.69) is 46.4 Å². The summed E-state index contributed by atoms with van der Waals surface area (Å²) in [5.74, 6) is 0.831. The number of nitrogens with zero attached hydrogens (tertiary/aromatic N) is 2. The highest BCUT2D eigenvalue weighted by Crippen LogP contribution is 2.38. The normalized spacial score (nSPS) is 17.2. The Morgan fingerprint density at radius 3 is 2.48 bits per heavy atom. The van der Waals surface area contributed by atoms with Crippen molar-refractivity contribution in [3.05, 3.63) is 58.1 Å². The van der Waals surface area contributed by atoms with Crippen LogP contribution in [0.5, 0.6) is 11.5 Å². The average molecular weight is 416 g/mol. The SMILES string of the molecule is CN1CCN(Cc2ccc(CNC(=O)c3cc(Cl)c4c(c3)OCCO4)cc2)CC1. The van der Waals surface area contributed by atoms with Crippen molar-refractivity contribution in [3.8, 4) is 11.5 Å². The molecule has 0 aromatic heterocycles. The Morgan fingerprint density at radius 2 is 1.72 bits per heavy atom. The second-order valence-electron chi connectivity index (χ2n) is 7.56. The van der Waals surface area contributed by atoms with Crippen LogP contribution in [0.2, 0.25) is 5.02 Å². The Labute approximate surface area is 176 Å². The number of hydrogen-bond acceptors (Lipinski definition) is 5. The zero-order chi connectivity index (χ0) is 20.2. The van der Waals surface area contributed by atoms with Gasteiger partial charge in [-0.2, -0.15) is 0 Å². The molecule has 154 valence electrons. The Balaban J connectivity index is 1.32. The maximum absolute atomic E-state index is 12.5. The fourth-order valence-corrected chi connectivity index (χ4v) is 3.82. The van der Waals surface area contributed by atoms with Crippen molar-refractivity contribution in [2.24, 2.45) is 0 Å². The van der Waals surface area contributed by atoms with E-state index in [9.17, 15) is 4.79 Å². The first-order valence-corrected chi connectivity index (χ1v) is 10.3. The second kappa shape index (κ2) is 9.03. The molecule has 0 bridgehead atoms. The van der Waals surface area contributed by atoms with Crippen molar-refractivity contribution < 1.29 is 14.3 Å². The first-order chi connectivity index (χ1) is 14.1. The molecule has 1 saturated heterocycles. The Bertz CT molecular complexity index is 864. The van der Waals surface area contributed by atoms with Crippen LogP contribution in [0.4, 0.5) is 0 Å². The van der Waals surface area contributed by atoms with Gasteiger partial charge in [0.25, 0.3) is 5.91 Å². The van der Waals surface area contributed by atoms with Crippen molar-refractivity contribution in [2.45, 2.75) is 13.1 Å². The summed E-state index contributed by atoms with van der Waals surface area (Å²) < 4.78 is 11.0. The number of amides is 1. The third kappa shape index (κ3) is 5.01. The molecule has 6 nitrogen and oxygen atoms in total. The van der Waals surface area contributed by atoms with Gasteiger partial charge in [0.2, 0.25) is 0 Å². The summed E-state index contributed by atoms with van der Waals surface area (Å²) in [6.07, 6.45) is 0. The number of carbonyl (C=O) groups is 1. The topological polar surface area (TPSA) is 54.0 Å². The zero-order valence-electron chi connectivity index (χ0n) is 16.6. The van der Waals surface area contributed by atoms with Gasteiger partial charge in [-0.05, 0) is 30.3 Å². The zero-order valence-corrected chi connectivity index (χ0v) is 17.4. The monoisotopic (exact) mass is 415 g/mol. The van der Waals surface area contributed by atoms with Gasteiger partial charge in [-0.15, -0.1) is 0 Å². The molecule has 1 N–H and O–H groups in total. The smallest absolute Gasteiger partial charge is 0.251 e. The van der Waals surface area contributed by atoms with E-state index in [1.54, 1.807) is 12.1 Å². The van der Waals surface area contributed by atoms with Crippen molar-refractivity contribution in [2.75, 3.05) is 46.4 Å². The lowest BCUT2D eigenvalue weighted by Gasteiger charge is -2.32. The van der Waals surface area contributed by atoms with Gasteiger partial charge >= 0.3 is 0 Å². The average Bonchev–Trinajstić information content (AvgIpc) is 2.74. The van der Waals surface area contributed by atoms with Crippen LogP contribution in [0.3, 0.4) is 0 Å². The molecule has 2 aliphatic heterocycles. The number of fused-ring (bicyclic) bond motifs is 1. The predicted molar refractivity (Wildman–Crippen MR) is 113 cm³/mol. The summed E-state index contributed by atoms with van der Waals surface area (Å²) in [7, 11) is 2.17. The minimum atomic E-state index is -0.189. The maximum Gasteiger partial charge on any atom is 0.251 e. The number of halogens is 1. The van der Waals surface area contributed by atoms with Crippen LogP contribution in [0.15, 0.2) is 36.4 Å². The molecule has 29 heavy (non-hydrogen) atoms. The van der Waals surface area contributed by atoms with Crippen LogP contribution in [-0.4, -0.2) is 62.1 Å². The lowest BCUT2D eigenvalue weighted by Crippen LogP contribution is -2.43. The quantitative estimate of drug-likeness (QED) is 0.813. The van der Waals surface area contributed by atoms with Crippen molar-refractivity contribution in [3.63, 3.8) is 0 Å². The van der Waals surface area contributed by atoms with E-state index in [1.165, 1.54) is 5.56 Å². The summed E-state index contributed by atoms with van der Waals surface area (Å²) in [6.45, 7) is 6.79. The number of hydrogen-bond donors (Lipinski definition) is 1. The molecule has 1 amide bonds. The van der Waals surface area contributed by atoms with E-state index < -0.39 is 0 Å². The number of rotatable bonds is 5. The molecule has 0 spiro atoms. The minimum Gasteiger partial charge on any atom is -0.486 e. The van der Waals surface area contributed by atoms with Crippen molar-refractivity contribution >= 4 is 17.5 Å². The second-order valence-corrected chi connectivity index (χ2v) is 7.97.